The minimum Gasteiger partial charge on any atom is -0.412 e. The van der Waals surface area contributed by atoms with Crippen molar-refractivity contribution in [3.05, 3.63) is 29.8 Å². The number of rotatable bonds is 1. The second kappa shape index (κ2) is 4.34. The minimum atomic E-state index is -4.35. The molecule has 2 nitrogen and oxygen atoms in total. The van der Waals surface area contributed by atoms with E-state index >= 15 is 0 Å². The van der Waals surface area contributed by atoms with Gasteiger partial charge in [-0.15, -0.1) is 12.4 Å². The number of halogens is 4. The number of alkyl halides is 3. The molecule has 0 aliphatic carbocycles. The molecular weight excluding hydrogens is 207 g/mol. The highest BCUT2D eigenvalue weighted by Crippen LogP contribution is 2.30. The summed E-state index contributed by atoms with van der Waals surface area (Å²) >= 11 is 0. The summed E-state index contributed by atoms with van der Waals surface area (Å²) in [6, 6.07) is 4.35. The fraction of sp³-hybridized carbons (Fsp3) is 0.143. The smallest absolute Gasteiger partial charge is 0.412 e. The fourth-order valence-electron chi connectivity index (χ4n) is 0.746. The van der Waals surface area contributed by atoms with Gasteiger partial charge in [0.05, 0.1) is 5.56 Å². The maximum absolute atomic E-state index is 12.0. The number of hydrogen-bond donors (Lipinski definition) is 1. The predicted molar refractivity (Wildman–Crippen MR) is 43.5 cm³/mol. The Balaban J connectivity index is 0.00000144. The molecule has 0 unspecified atom stereocenters. The first-order valence-corrected chi connectivity index (χ1v) is 3.08. The Morgan fingerprint density at radius 3 is 2.31 bits per heavy atom. The lowest BCUT2D eigenvalue weighted by Crippen LogP contribution is -2.07. The van der Waals surface area contributed by atoms with Gasteiger partial charge in [0, 0.05) is 0 Å². The van der Waals surface area contributed by atoms with Crippen molar-refractivity contribution in [2.75, 3.05) is 0 Å². The molecule has 2 N–H and O–H groups in total. The van der Waals surface area contributed by atoms with E-state index in [1.165, 1.54) is 12.1 Å². The van der Waals surface area contributed by atoms with Gasteiger partial charge in [-0.3, -0.25) is 0 Å². The first-order chi connectivity index (χ1) is 5.54. The summed E-state index contributed by atoms with van der Waals surface area (Å²) in [4.78, 5) is 4.15. The Kier molecular flexibility index (Phi) is 4.03. The van der Waals surface area contributed by atoms with Gasteiger partial charge in [0.1, 0.15) is 5.75 Å². The normalized spacial score (nSPS) is 10.5. The maximum Gasteiger partial charge on any atom is 0.416 e. The standard InChI is InChI=1S/C7H6F3NO.ClH/c8-7(9,10)5-2-1-3-6(4-5)12-11;/h1-4H,11H2;1H. The molecule has 6 heteroatoms. The van der Waals surface area contributed by atoms with E-state index in [1.807, 2.05) is 0 Å². The van der Waals surface area contributed by atoms with Crippen molar-refractivity contribution >= 4 is 12.4 Å². The number of hydrogen-bond acceptors (Lipinski definition) is 2. The van der Waals surface area contributed by atoms with E-state index in [4.69, 9.17) is 5.90 Å². The third-order valence-electron chi connectivity index (χ3n) is 1.30. The highest BCUT2D eigenvalue weighted by molar-refractivity contribution is 5.85. The molecule has 13 heavy (non-hydrogen) atoms. The molecule has 0 aliphatic heterocycles. The van der Waals surface area contributed by atoms with Gasteiger partial charge in [-0.25, -0.2) is 0 Å². The number of benzene rings is 1. The molecule has 0 spiro atoms. The quantitative estimate of drug-likeness (QED) is 0.727. The molecule has 0 bridgehead atoms. The van der Waals surface area contributed by atoms with Crippen LogP contribution in [0.1, 0.15) is 5.56 Å². The molecule has 74 valence electrons. The molecule has 0 amide bonds. The van der Waals surface area contributed by atoms with Crippen molar-refractivity contribution in [2.24, 2.45) is 5.90 Å². The maximum atomic E-state index is 12.0. The lowest BCUT2D eigenvalue weighted by atomic mass is 10.2. The predicted octanol–water partition coefficient (Wildman–Crippen LogP) is 2.38. The summed E-state index contributed by atoms with van der Waals surface area (Å²) in [5, 5.41) is 0. The topological polar surface area (TPSA) is 35.2 Å². The van der Waals surface area contributed by atoms with Gasteiger partial charge in [-0.05, 0) is 18.2 Å². The molecule has 0 radical (unpaired) electrons. The SMILES string of the molecule is Cl.NOc1cccc(C(F)(F)F)c1. The van der Waals surface area contributed by atoms with Gasteiger partial charge in [0.15, 0.2) is 0 Å². The summed E-state index contributed by atoms with van der Waals surface area (Å²) in [5.41, 5.74) is -0.773. The van der Waals surface area contributed by atoms with Gasteiger partial charge in [-0.2, -0.15) is 19.1 Å². The van der Waals surface area contributed by atoms with E-state index in [0.717, 1.165) is 12.1 Å². The van der Waals surface area contributed by atoms with E-state index in [1.54, 1.807) is 0 Å². The lowest BCUT2D eigenvalue weighted by molar-refractivity contribution is -0.137. The van der Waals surface area contributed by atoms with Gasteiger partial charge < -0.3 is 4.84 Å². The second-order valence-corrected chi connectivity index (χ2v) is 2.14. The first kappa shape index (κ1) is 12.1. The molecule has 0 saturated carbocycles. The Labute approximate surface area is 78.9 Å². The van der Waals surface area contributed by atoms with E-state index in [2.05, 4.69) is 4.84 Å². The van der Waals surface area contributed by atoms with Crippen LogP contribution < -0.4 is 10.7 Å². The zero-order chi connectivity index (χ0) is 9.19. The molecule has 0 heterocycles. The lowest BCUT2D eigenvalue weighted by Gasteiger charge is -2.06. The van der Waals surface area contributed by atoms with Crippen molar-refractivity contribution in [1.29, 1.82) is 0 Å². The zero-order valence-electron chi connectivity index (χ0n) is 6.34. The summed E-state index contributed by atoms with van der Waals surface area (Å²) in [6.07, 6.45) is -4.35. The molecule has 0 fully saturated rings. The van der Waals surface area contributed by atoms with Crippen LogP contribution in [0, 0.1) is 0 Å². The molecule has 1 rings (SSSR count). The molecule has 0 atom stereocenters. The Hall–Kier alpha value is -0.940. The van der Waals surface area contributed by atoms with Gasteiger partial charge in [0.2, 0.25) is 0 Å². The third kappa shape index (κ3) is 3.12. The fourth-order valence-corrected chi connectivity index (χ4v) is 0.746. The molecule has 1 aromatic rings. The van der Waals surface area contributed by atoms with Gasteiger partial charge in [-0.1, -0.05) is 6.07 Å². The van der Waals surface area contributed by atoms with Gasteiger partial charge in [0.25, 0.3) is 0 Å². The summed E-state index contributed by atoms with van der Waals surface area (Å²) in [7, 11) is 0. The average Bonchev–Trinajstić information content (AvgIpc) is 2.03. The van der Waals surface area contributed by atoms with Crippen LogP contribution in [0.5, 0.6) is 5.75 Å². The number of nitrogens with two attached hydrogens (primary N) is 1. The molecule has 0 aliphatic rings. The third-order valence-corrected chi connectivity index (χ3v) is 1.30. The summed E-state index contributed by atoms with van der Waals surface area (Å²) in [5.74, 6) is 4.69. The molecule has 0 saturated heterocycles. The highest BCUT2D eigenvalue weighted by Gasteiger charge is 2.30. The van der Waals surface area contributed by atoms with Crippen LogP contribution in [0.25, 0.3) is 0 Å². The van der Waals surface area contributed by atoms with Crippen molar-refractivity contribution in [3.8, 4) is 5.75 Å². The van der Waals surface area contributed by atoms with Crippen LogP contribution in [-0.4, -0.2) is 0 Å². The Morgan fingerprint density at radius 1 is 1.23 bits per heavy atom. The van der Waals surface area contributed by atoms with Crippen molar-refractivity contribution in [1.82, 2.24) is 0 Å². The van der Waals surface area contributed by atoms with E-state index in [9.17, 15) is 13.2 Å². The first-order valence-electron chi connectivity index (χ1n) is 3.08. The van der Waals surface area contributed by atoms with Crippen LogP contribution in [0.2, 0.25) is 0 Å². The zero-order valence-corrected chi connectivity index (χ0v) is 7.15. The summed E-state index contributed by atoms with van der Waals surface area (Å²) in [6.45, 7) is 0. The Bertz CT molecular complexity index is 277. The van der Waals surface area contributed by atoms with Crippen molar-refractivity contribution in [2.45, 2.75) is 6.18 Å². The van der Waals surface area contributed by atoms with Crippen LogP contribution in [0.4, 0.5) is 13.2 Å². The average molecular weight is 214 g/mol. The van der Waals surface area contributed by atoms with Crippen LogP contribution >= 0.6 is 12.4 Å². The largest absolute Gasteiger partial charge is 0.416 e. The van der Waals surface area contributed by atoms with Crippen molar-refractivity contribution < 1.29 is 18.0 Å². The van der Waals surface area contributed by atoms with E-state index in [-0.39, 0.29) is 18.2 Å². The monoisotopic (exact) mass is 213 g/mol. The minimum absolute atomic E-state index is 0. The second-order valence-electron chi connectivity index (χ2n) is 2.14. The molecular formula is C7H7ClF3NO. The van der Waals surface area contributed by atoms with Crippen LogP contribution in [0.3, 0.4) is 0 Å². The molecule has 0 aromatic heterocycles. The van der Waals surface area contributed by atoms with E-state index in [0.29, 0.717) is 0 Å². The summed E-state index contributed by atoms with van der Waals surface area (Å²) < 4.78 is 36.0. The molecule has 1 aromatic carbocycles. The Morgan fingerprint density at radius 2 is 1.85 bits per heavy atom. The van der Waals surface area contributed by atoms with Crippen LogP contribution in [-0.2, 0) is 6.18 Å². The van der Waals surface area contributed by atoms with Crippen LogP contribution in [0.15, 0.2) is 24.3 Å². The highest BCUT2D eigenvalue weighted by atomic mass is 35.5. The van der Waals surface area contributed by atoms with E-state index < -0.39 is 11.7 Å². The van der Waals surface area contributed by atoms with Crippen molar-refractivity contribution in [3.63, 3.8) is 0 Å². The van der Waals surface area contributed by atoms with Gasteiger partial charge >= 0.3 is 6.18 Å².